The van der Waals surface area contributed by atoms with Crippen LogP contribution in [0.25, 0.3) is 0 Å². The van der Waals surface area contributed by atoms with Crippen molar-refractivity contribution < 1.29 is 0 Å². The molecule has 0 aromatic rings. The third kappa shape index (κ3) is 3.40. The summed E-state index contributed by atoms with van der Waals surface area (Å²) in [5, 5.41) is 3.67. The monoisotopic (exact) mass is 167 g/mol. The van der Waals surface area contributed by atoms with Crippen LogP contribution in [-0.2, 0) is 0 Å². The number of rotatable bonds is 5. The first kappa shape index (κ1) is 9.79. The van der Waals surface area contributed by atoms with Gasteiger partial charge in [0.25, 0.3) is 0 Å². The SMILES string of the molecule is C=CCCC(C)NC1CCCC1. The van der Waals surface area contributed by atoms with Gasteiger partial charge in [-0.2, -0.15) is 0 Å². The molecule has 1 saturated carbocycles. The fourth-order valence-electron chi connectivity index (χ4n) is 1.95. The van der Waals surface area contributed by atoms with Gasteiger partial charge in [0.05, 0.1) is 0 Å². The molecule has 1 nitrogen and oxygen atoms in total. The first-order valence-electron chi connectivity index (χ1n) is 5.20. The molecule has 0 bridgehead atoms. The van der Waals surface area contributed by atoms with Crippen LogP contribution in [0.2, 0.25) is 0 Å². The summed E-state index contributed by atoms with van der Waals surface area (Å²) >= 11 is 0. The van der Waals surface area contributed by atoms with Crippen molar-refractivity contribution in [2.24, 2.45) is 0 Å². The molecule has 0 heterocycles. The van der Waals surface area contributed by atoms with E-state index < -0.39 is 0 Å². The Hall–Kier alpha value is -0.300. The van der Waals surface area contributed by atoms with Crippen LogP contribution in [0.15, 0.2) is 12.7 Å². The lowest BCUT2D eigenvalue weighted by Crippen LogP contribution is -2.34. The van der Waals surface area contributed by atoms with Crippen molar-refractivity contribution in [3.8, 4) is 0 Å². The van der Waals surface area contributed by atoms with Crippen molar-refractivity contribution in [3.63, 3.8) is 0 Å². The van der Waals surface area contributed by atoms with E-state index in [1.807, 2.05) is 6.08 Å². The molecule has 0 radical (unpaired) electrons. The van der Waals surface area contributed by atoms with E-state index in [0.717, 1.165) is 12.5 Å². The minimum absolute atomic E-state index is 0.672. The number of hydrogen-bond donors (Lipinski definition) is 1. The summed E-state index contributed by atoms with van der Waals surface area (Å²) in [5.41, 5.74) is 0. The lowest BCUT2D eigenvalue weighted by molar-refractivity contribution is 0.434. The Balaban J connectivity index is 2.07. The Morgan fingerprint density at radius 1 is 1.50 bits per heavy atom. The molecule has 1 rings (SSSR count). The van der Waals surface area contributed by atoms with Crippen molar-refractivity contribution >= 4 is 0 Å². The third-order valence-electron chi connectivity index (χ3n) is 2.68. The Morgan fingerprint density at radius 3 is 2.75 bits per heavy atom. The molecule has 0 aromatic carbocycles. The van der Waals surface area contributed by atoms with Gasteiger partial charge >= 0.3 is 0 Å². The van der Waals surface area contributed by atoms with E-state index in [-0.39, 0.29) is 0 Å². The molecule has 1 unspecified atom stereocenters. The zero-order chi connectivity index (χ0) is 8.81. The van der Waals surface area contributed by atoms with E-state index in [0.29, 0.717) is 6.04 Å². The zero-order valence-electron chi connectivity index (χ0n) is 8.18. The van der Waals surface area contributed by atoms with Crippen molar-refractivity contribution in [1.29, 1.82) is 0 Å². The maximum atomic E-state index is 3.74. The van der Waals surface area contributed by atoms with Gasteiger partial charge in [0, 0.05) is 12.1 Å². The molecule has 1 aliphatic carbocycles. The second-order valence-corrected chi connectivity index (χ2v) is 3.92. The molecule has 12 heavy (non-hydrogen) atoms. The number of nitrogens with one attached hydrogen (secondary N) is 1. The molecular formula is C11H21N. The van der Waals surface area contributed by atoms with Gasteiger partial charge < -0.3 is 5.32 Å². The smallest absolute Gasteiger partial charge is 0.00695 e. The van der Waals surface area contributed by atoms with Gasteiger partial charge in [-0.25, -0.2) is 0 Å². The van der Waals surface area contributed by atoms with Gasteiger partial charge in [0.15, 0.2) is 0 Å². The molecule has 0 aliphatic heterocycles. The highest BCUT2D eigenvalue weighted by Gasteiger charge is 2.15. The molecule has 0 amide bonds. The summed E-state index contributed by atoms with van der Waals surface area (Å²) in [4.78, 5) is 0. The van der Waals surface area contributed by atoms with Crippen LogP contribution >= 0.6 is 0 Å². The van der Waals surface area contributed by atoms with E-state index in [1.165, 1.54) is 32.1 Å². The average Bonchev–Trinajstić information content (AvgIpc) is 2.53. The van der Waals surface area contributed by atoms with Gasteiger partial charge in [-0.15, -0.1) is 6.58 Å². The van der Waals surface area contributed by atoms with Crippen LogP contribution in [-0.4, -0.2) is 12.1 Å². The predicted octanol–water partition coefficient (Wildman–Crippen LogP) is 2.87. The molecule has 0 aromatic heterocycles. The van der Waals surface area contributed by atoms with Crippen molar-refractivity contribution in [3.05, 3.63) is 12.7 Å². The lowest BCUT2D eigenvalue weighted by Gasteiger charge is -2.18. The van der Waals surface area contributed by atoms with Crippen LogP contribution in [0.3, 0.4) is 0 Å². The average molecular weight is 167 g/mol. The number of hydrogen-bond acceptors (Lipinski definition) is 1. The normalized spacial score (nSPS) is 21.1. The first-order valence-corrected chi connectivity index (χ1v) is 5.20. The standard InChI is InChI=1S/C11H21N/c1-3-4-7-10(2)12-11-8-5-6-9-11/h3,10-12H,1,4-9H2,2H3. The summed E-state index contributed by atoms with van der Waals surface area (Å²) in [6.45, 7) is 6.02. The molecule has 1 N–H and O–H groups in total. The van der Waals surface area contributed by atoms with Crippen LogP contribution in [0.4, 0.5) is 0 Å². The fraction of sp³-hybridized carbons (Fsp3) is 0.818. The molecule has 0 saturated heterocycles. The maximum Gasteiger partial charge on any atom is 0.00695 e. The van der Waals surface area contributed by atoms with E-state index >= 15 is 0 Å². The summed E-state index contributed by atoms with van der Waals surface area (Å²) in [5.74, 6) is 0. The number of allylic oxidation sites excluding steroid dienone is 1. The maximum absolute atomic E-state index is 3.74. The Labute approximate surface area is 76.2 Å². The molecule has 1 heteroatoms. The molecule has 1 atom stereocenters. The minimum Gasteiger partial charge on any atom is -0.311 e. The van der Waals surface area contributed by atoms with E-state index in [2.05, 4.69) is 18.8 Å². The highest BCUT2D eigenvalue weighted by molar-refractivity contribution is 4.78. The van der Waals surface area contributed by atoms with Crippen LogP contribution in [0.5, 0.6) is 0 Å². The highest BCUT2D eigenvalue weighted by Crippen LogP contribution is 2.18. The van der Waals surface area contributed by atoms with Crippen molar-refractivity contribution in [2.75, 3.05) is 0 Å². The first-order chi connectivity index (χ1) is 5.83. The van der Waals surface area contributed by atoms with Gasteiger partial charge in [0.2, 0.25) is 0 Å². The molecule has 1 fully saturated rings. The van der Waals surface area contributed by atoms with Crippen molar-refractivity contribution in [1.82, 2.24) is 5.32 Å². The summed E-state index contributed by atoms with van der Waals surface area (Å²) in [7, 11) is 0. The van der Waals surface area contributed by atoms with Crippen LogP contribution in [0, 0.1) is 0 Å². The van der Waals surface area contributed by atoms with E-state index in [1.54, 1.807) is 0 Å². The predicted molar refractivity (Wildman–Crippen MR) is 54.3 cm³/mol. The Bertz CT molecular complexity index is 125. The molecular weight excluding hydrogens is 146 g/mol. The highest BCUT2D eigenvalue weighted by atomic mass is 14.9. The Kier molecular flexibility index (Phi) is 4.37. The quantitative estimate of drug-likeness (QED) is 0.621. The van der Waals surface area contributed by atoms with Crippen LogP contribution < -0.4 is 5.32 Å². The fourth-order valence-corrected chi connectivity index (χ4v) is 1.95. The topological polar surface area (TPSA) is 12.0 Å². The van der Waals surface area contributed by atoms with E-state index in [9.17, 15) is 0 Å². The summed E-state index contributed by atoms with van der Waals surface area (Å²) in [6.07, 6.45) is 10.0. The van der Waals surface area contributed by atoms with E-state index in [4.69, 9.17) is 0 Å². The third-order valence-corrected chi connectivity index (χ3v) is 2.68. The van der Waals surface area contributed by atoms with Gasteiger partial charge in [0.1, 0.15) is 0 Å². The molecule has 0 spiro atoms. The van der Waals surface area contributed by atoms with Gasteiger partial charge in [-0.1, -0.05) is 18.9 Å². The minimum atomic E-state index is 0.672. The van der Waals surface area contributed by atoms with Crippen molar-refractivity contribution in [2.45, 2.75) is 57.5 Å². The largest absolute Gasteiger partial charge is 0.311 e. The summed E-state index contributed by atoms with van der Waals surface area (Å²) in [6, 6.07) is 1.48. The van der Waals surface area contributed by atoms with Gasteiger partial charge in [-0.3, -0.25) is 0 Å². The lowest BCUT2D eigenvalue weighted by atomic mass is 10.1. The molecule has 1 aliphatic rings. The second-order valence-electron chi connectivity index (χ2n) is 3.92. The Morgan fingerprint density at radius 2 is 2.17 bits per heavy atom. The second kappa shape index (κ2) is 5.36. The summed E-state index contributed by atoms with van der Waals surface area (Å²) < 4.78 is 0. The van der Waals surface area contributed by atoms with Gasteiger partial charge in [-0.05, 0) is 32.6 Å². The molecule has 70 valence electrons. The van der Waals surface area contributed by atoms with Crippen LogP contribution in [0.1, 0.15) is 45.4 Å². The zero-order valence-corrected chi connectivity index (χ0v) is 8.18.